The van der Waals surface area contributed by atoms with Crippen LogP contribution in [0.15, 0.2) is 66.7 Å². The molecule has 3 aromatic carbocycles. The van der Waals surface area contributed by atoms with Gasteiger partial charge in [-0.05, 0) is 54.6 Å². The van der Waals surface area contributed by atoms with Crippen LogP contribution in [0.1, 0.15) is 10.4 Å². The maximum atomic E-state index is 12.1. The van der Waals surface area contributed by atoms with Gasteiger partial charge in [-0.2, -0.15) is 0 Å². The lowest BCUT2D eigenvalue weighted by Gasteiger charge is -2.10. The summed E-state index contributed by atoms with van der Waals surface area (Å²) in [5, 5.41) is 5.93. The number of carbonyl (C=O) groups is 2. The predicted molar refractivity (Wildman–Crippen MR) is 111 cm³/mol. The Kier molecular flexibility index (Phi) is 6.41. The minimum Gasteiger partial charge on any atom is -0.456 e. The minimum absolute atomic E-state index is 0.211. The molecule has 142 valence electrons. The summed E-state index contributed by atoms with van der Waals surface area (Å²) >= 11 is 17.9. The summed E-state index contributed by atoms with van der Waals surface area (Å²) in [5.41, 5.74) is 0.682. The van der Waals surface area contributed by atoms with Crippen molar-refractivity contribution in [2.75, 3.05) is 5.32 Å². The van der Waals surface area contributed by atoms with E-state index in [2.05, 4.69) is 10.6 Å². The van der Waals surface area contributed by atoms with Crippen LogP contribution in [-0.2, 0) is 0 Å². The van der Waals surface area contributed by atoms with Crippen molar-refractivity contribution >= 4 is 52.4 Å². The Labute approximate surface area is 176 Å². The lowest BCUT2D eigenvalue weighted by atomic mass is 10.2. The van der Waals surface area contributed by atoms with Gasteiger partial charge < -0.3 is 10.1 Å². The van der Waals surface area contributed by atoms with Crippen LogP contribution in [0.4, 0.5) is 10.5 Å². The van der Waals surface area contributed by atoms with Crippen LogP contribution in [0.3, 0.4) is 0 Å². The zero-order chi connectivity index (χ0) is 20.1. The Bertz CT molecular complexity index is 1020. The van der Waals surface area contributed by atoms with Crippen LogP contribution >= 0.6 is 34.8 Å². The third-order valence-corrected chi connectivity index (χ3v) is 4.44. The molecule has 0 heterocycles. The van der Waals surface area contributed by atoms with Gasteiger partial charge in [0.15, 0.2) is 0 Å². The molecule has 3 amide bonds. The molecule has 2 N–H and O–H groups in total. The number of carbonyl (C=O) groups excluding carboxylic acids is 2. The van der Waals surface area contributed by atoms with E-state index in [0.717, 1.165) is 0 Å². The Balaban J connectivity index is 1.60. The second-order valence-electron chi connectivity index (χ2n) is 5.59. The first kappa shape index (κ1) is 20.0. The highest BCUT2D eigenvalue weighted by Crippen LogP contribution is 2.31. The highest BCUT2D eigenvalue weighted by Gasteiger charge is 2.13. The van der Waals surface area contributed by atoms with Crippen LogP contribution in [0.2, 0.25) is 15.1 Å². The summed E-state index contributed by atoms with van der Waals surface area (Å²) in [6.45, 7) is 0. The molecule has 3 aromatic rings. The van der Waals surface area contributed by atoms with Gasteiger partial charge in [-0.25, -0.2) is 4.79 Å². The first-order valence-electron chi connectivity index (χ1n) is 8.02. The lowest BCUT2D eigenvalue weighted by Crippen LogP contribution is -2.34. The van der Waals surface area contributed by atoms with Gasteiger partial charge in [0.05, 0.1) is 15.6 Å². The van der Waals surface area contributed by atoms with Crippen LogP contribution < -0.4 is 15.4 Å². The molecule has 0 saturated heterocycles. The summed E-state index contributed by atoms with van der Waals surface area (Å²) < 4.78 is 5.67. The van der Waals surface area contributed by atoms with E-state index in [4.69, 9.17) is 39.5 Å². The quantitative estimate of drug-likeness (QED) is 0.498. The Morgan fingerprint density at radius 2 is 1.54 bits per heavy atom. The number of ether oxygens (including phenoxy) is 1. The van der Waals surface area contributed by atoms with E-state index >= 15 is 0 Å². The number of anilines is 1. The van der Waals surface area contributed by atoms with Crippen molar-refractivity contribution in [3.63, 3.8) is 0 Å². The zero-order valence-electron chi connectivity index (χ0n) is 14.2. The average Bonchev–Trinajstić information content (AvgIpc) is 2.65. The summed E-state index contributed by atoms with van der Waals surface area (Å²) in [6.07, 6.45) is 0. The smallest absolute Gasteiger partial charge is 0.326 e. The van der Waals surface area contributed by atoms with Gasteiger partial charge in [0.2, 0.25) is 0 Å². The fourth-order valence-electron chi connectivity index (χ4n) is 2.27. The second kappa shape index (κ2) is 8.97. The molecule has 0 bridgehead atoms. The number of imide groups is 1. The highest BCUT2D eigenvalue weighted by molar-refractivity contribution is 6.35. The highest BCUT2D eigenvalue weighted by atomic mass is 35.5. The van der Waals surface area contributed by atoms with Gasteiger partial charge in [-0.3, -0.25) is 10.1 Å². The summed E-state index contributed by atoms with van der Waals surface area (Å²) in [5.74, 6) is 0.373. The maximum absolute atomic E-state index is 12.1. The molecule has 5 nitrogen and oxygen atoms in total. The minimum atomic E-state index is -0.681. The zero-order valence-corrected chi connectivity index (χ0v) is 16.5. The normalized spacial score (nSPS) is 10.2. The summed E-state index contributed by atoms with van der Waals surface area (Å²) in [4.78, 5) is 24.1. The van der Waals surface area contributed by atoms with E-state index in [-0.39, 0.29) is 10.6 Å². The van der Waals surface area contributed by atoms with Crippen molar-refractivity contribution in [3.8, 4) is 11.5 Å². The van der Waals surface area contributed by atoms with E-state index in [0.29, 0.717) is 27.2 Å². The largest absolute Gasteiger partial charge is 0.456 e. The molecule has 28 heavy (non-hydrogen) atoms. The van der Waals surface area contributed by atoms with E-state index in [1.165, 1.54) is 6.07 Å². The van der Waals surface area contributed by atoms with Gasteiger partial charge in [-0.1, -0.05) is 46.9 Å². The third-order valence-electron chi connectivity index (χ3n) is 3.58. The Morgan fingerprint density at radius 1 is 0.821 bits per heavy atom. The van der Waals surface area contributed by atoms with E-state index in [9.17, 15) is 9.59 Å². The Morgan fingerprint density at radius 3 is 2.21 bits per heavy atom. The molecule has 3 rings (SSSR count). The molecule has 0 fully saturated rings. The molecule has 0 saturated carbocycles. The van der Waals surface area contributed by atoms with E-state index < -0.39 is 11.9 Å². The van der Waals surface area contributed by atoms with Gasteiger partial charge >= 0.3 is 6.03 Å². The van der Waals surface area contributed by atoms with Crippen molar-refractivity contribution in [1.82, 2.24) is 5.32 Å². The molecule has 8 heteroatoms. The van der Waals surface area contributed by atoms with Gasteiger partial charge in [0, 0.05) is 10.7 Å². The molecule has 0 unspecified atom stereocenters. The van der Waals surface area contributed by atoms with Crippen LogP contribution in [0, 0.1) is 0 Å². The molecule has 0 atom stereocenters. The van der Waals surface area contributed by atoms with Gasteiger partial charge in [0.25, 0.3) is 5.91 Å². The van der Waals surface area contributed by atoms with Gasteiger partial charge in [0.1, 0.15) is 11.5 Å². The van der Waals surface area contributed by atoms with Crippen molar-refractivity contribution in [1.29, 1.82) is 0 Å². The average molecular weight is 436 g/mol. The SMILES string of the molecule is O=C(NC(=O)c1ccccc1Cl)Nc1ccc(Oc2ccc(Cl)cc2Cl)cc1. The molecule has 0 aliphatic carbocycles. The first-order valence-corrected chi connectivity index (χ1v) is 9.15. The number of amides is 3. The Hall–Kier alpha value is -2.73. The molecule has 0 aliphatic rings. The van der Waals surface area contributed by atoms with Crippen LogP contribution in [0.25, 0.3) is 0 Å². The number of urea groups is 1. The van der Waals surface area contributed by atoms with Crippen molar-refractivity contribution in [2.24, 2.45) is 0 Å². The topological polar surface area (TPSA) is 67.4 Å². The molecular weight excluding hydrogens is 423 g/mol. The van der Waals surface area contributed by atoms with Crippen LogP contribution in [0.5, 0.6) is 11.5 Å². The predicted octanol–water partition coefficient (Wildman–Crippen LogP) is 6.40. The van der Waals surface area contributed by atoms with Crippen molar-refractivity contribution < 1.29 is 14.3 Å². The molecule has 0 aliphatic heterocycles. The summed E-state index contributed by atoms with van der Waals surface area (Å²) in [7, 11) is 0. The standard InChI is InChI=1S/C20H13Cl3N2O3/c21-12-5-10-18(17(23)11-12)28-14-8-6-13(7-9-14)24-20(27)25-19(26)15-3-1-2-4-16(15)22/h1-11H,(H2,24,25,26,27). The number of benzene rings is 3. The second-order valence-corrected chi connectivity index (χ2v) is 6.84. The molecular formula is C20H13Cl3N2O3. The molecule has 0 aromatic heterocycles. The van der Waals surface area contributed by atoms with Crippen LogP contribution in [-0.4, -0.2) is 11.9 Å². The fourth-order valence-corrected chi connectivity index (χ4v) is 2.94. The first-order chi connectivity index (χ1) is 13.4. The fraction of sp³-hybridized carbons (Fsp3) is 0. The van der Waals surface area contributed by atoms with Gasteiger partial charge in [-0.15, -0.1) is 0 Å². The number of hydrogen-bond donors (Lipinski definition) is 2. The van der Waals surface area contributed by atoms with E-state index in [1.807, 2.05) is 0 Å². The third kappa shape index (κ3) is 5.16. The lowest BCUT2D eigenvalue weighted by molar-refractivity contribution is 0.0967. The summed E-state index contributed by atoms with van der Waals surface area (Å²) in [6, 6.07) is 17.2. The number of hydrogen-bond acceptors (Lipinski definition) is 3. The number of rotatable bonds is 4. The van der Waals surface area contributed by atoms with Crippen molar-refractivity contribution in [3.05, 3.63) is 87.4 Å². The van der Waals surface area contributed by atoms with E-state index in [1.54, 1.807) is 60.7 Å². The number of nitrogens with one attached hydrogen (secondary N) is 2. The molecule has 0 spiro atoms. The monoisotopic (exact) mass is 434 g/mol. The maximum Gasteiger partial charge on any atom is 0.326 e. The van der Waals surface area contributed by atoms with Crippen molar-refractivity contribution in [2.45, 2.75) is 0 Å². The number of halogens is 3. The molecule has 0 radical (unpaired) electrons.